The third kappa shape index (κ3) is 6.71. The Bertz CT molecular complexity index is 919. The fraction of sp³-hybridized carbons (Fsp3) is 0.280. The van der Waals surface area contributed by atoms with Crippen LogP contribution in [0, 0.1) is 10.1 Å². The zero-order chi connectivity index (χ0) is 21.9. The molecular weight excluding hydrogens is 378 g/mol. The summed E-state index contributed by atoms with van der Waals surface area (Å²) in [6.07, 6.45) is 0.866. The second kappa shape index (κ2) is 11.7. The van der Waals surface area contributed by atoms with Gasteiger partial charge in [0.15, 0.2) is 0 Å². The number of hydrogen-bond donors (Lipinski definition) is 1. The van der Waals surface area contributed by atoms with E-state index < -0.39 is 0 Å². The first-order chi connectivity index (χ1) is 14.5. The maximum Gasteiger partial charge on any atom is 0.277 e. The summed E-state index contributed by atoms with van der Waals surface area (Å²) in [5, 5.41) is 20.5. The molecule has 0 aromatic heterocycles. The van der Waals surface area contributed by atoms with E-state index >= 15 is 0 Å². The summed E-state index contributed by atoms with van der Waals surface area (Å²) in [6, 6.07) is 21.9. The average molecular weight is 408 g/mol. The summed E-state index contributed by atoms with van der Waals surface area (Å²) in [4.78, 5) is 10.8. The van der Waals surface area contributed by atoms with Crippen LogP contribution in [0.4, 0.5) is 5.69 Å². The van der Waals surface area contributed by atoms with Gasteiger partial charge in [0, 0.05) is 19.3 Å². The quantitative estimate of drug-likeness (QED) is 0.365. The molecule has 5 heteroatoms. The zero-order valence-corrected chi connectivity index (χ0v) is 17.7. The first-order valence-corrected chi connectivity index (χ1v) is 10.2. The number of phenolic OH excluding ortho intramolecular Hbond substituents is 1. The van der Waals surface area contributed by atoms with Crippen LogP contribution in [0.2, 0.25) is 0 Å². The van der Waals surface area contributed by atoms with Gasteiger partial charge in [-0.05, 0) is 61.1 Å². The molecule has 5 nitrogen and oxygen atoms in total. The molecule has 30 heavy (non-hydrogen) atoms. The standard InChI is InChI=1S/C21H19NO3.C4H10O/c1-15(14-16-6-12-19(23)13-7-16)17-8-10-18(11-9-17)20-4-2-3-5-21(20)22(24)25;1-3-5-4-2/h2-13,15,23H,14H2,1H3;3-4H2,1-2H3. The van der Waals surface area contributed by atoms with Crippen LogP contribution in [-0.2, 0) is 11.2 Å². The molecule has 0 aliphatic heterocycles. The topological polar surface area (TPSA) is 72.6 Å². The zero-order valence-electron chi connectivity index (χ0n) is 17.7. The third-order valence-electron chi connectivity index (χ3n) is 4.78. The summed E-state index contributed by atoms with van der Waals surface area (Å²) < 4.78 is 4.83. The lowest BCUT2D eigenvalue weighted by molar-refractivity contribution is -0.384. The van der Waals surface area contributed by atoms with E-state index in [2.05, 4.69) is 6.92 Å². The number of nitro benzene ring substituents is 1. The Morgan fingerprint density at radius 1 is 0.933 bits per heavy atom. The van der Waals surface area contributed by atoms with Gasteiger partial charge in [-0.2, -0.15) is 0 Å². The molecule has 0 amide bonds. The highest BCUT2D eigenvalue weighted by atomic mass is 16.6. The van der Waals surface area contributed by atoms with Crippen LogP contribution in [0.3, 0.4) is 0 Å². The van der Waals surface area contributed by atoms with Crippen molar-refractivity contribution in [3.8, 4) is 16.9 Å². The van der Waals surface area contributed by atoms with Crippen LogP contribution in [0.1, 0.15) is 37.8 Å². The van der Waals surface area contributed by atoms with E-state index in [9.17, 15) is 15.2 Å². The maximum absolute atomic E-state index is 11.2. The Kier molecular flexibility index (Phi) is 9.03. The summed E-state index contributed by atoms with van der Waals surface area (Å²) in [6.45, 7) is 7.81. The first kappa shape index (κ1) is 23.1. The highest BCUT2D eigenvalue weighted by molar-refractivity contribution is 5.73. The third-order valence-corrected chi connectivity index (χ3v) is 4.78. The number of nitrogens with zero attached hydrogens (tertiary/aromatic N) is 1. The van der Waals surface area contributed by atoms with Gasteiger partial charge in [-0.15, -0.1) is 0 Å². The summed E-state index contributed by atoms with van der Waals surface area (Å²) in [7, 11) is 0. The number of nitro groups is 1. The number of aromatic hydroxyl groups is 1. The minimum absolute atomic E-state index is 0.118. The van der Waals surface area contributed by atoms with E-state index in [1.807, 2.05) is 56.3 Å². The van der Waals surface area contributed by atoms with Gasteiger partial charge in [0.05, 0.1) is 10.5 Å². The van der Waals surface area contributed by atoms with Crippen LogP contribution >= 0.6 is 0 Å². The first-order valence-electron chi connectivity index (χ1n) is 10.2. The summed E-state index contributed by atoms with van der Waals surface area (Å²) in [5.41, 5.74) is 3.92. The Labute approximate surface area is 178 Å². The largest absolute Gasteiger partial charge is 0.508 e. The van der Waals surface area contributed by atoms with Crippen LogP contribution in [0.5, 0.6) is 5.75 Å². The van der Waals surface area contributed by atoms with Crippen LogP contribution < -0.4 is 0 Å². The van der Waals surface area contributed by atoms with E-state index in [-0.39, 0.29) is 16.4 Å². The fourth-order valence-electron chi connectivity index (χ4n) is 3.18. The van der Waals surface area contributed by atoms with Gasteiger partial charge < -0.3 is 9.84 Å². The molecule has 3 rings (SSSR count). The fourth-order valence-corrected chi connectivity index (χ4v) is 3.18. The predicted molar refractivity (Wildman–Crippen MR) is 121 cm³/mol. The van der Waals surface area contributed by atoms with Gasteiger partial charge in [0.2, 0.25) is 0 Å². The van der Waals surface area contributed by atoms with Crippen LogP contribution in [0.25, 0.3) is 11.1 Å². The van der Waals surface area contributed by atoms with Crippen molar-refractivity contribution in [1.82, 2.24) is 0 Å². The van der Waals surface area contributed by atoms with Crippen molar-refractivity contribution in [2.45, 2.75) is 33.1 Å². The molecule has 0 aliphatic carbocycles. The van der Waals surface area contributed by atoms with Crippen LogP contribution in [-0.4, -0.2) is 23.2 Å². The van der Waals surface area contributed by atoms with E-state index in [1.54, 1.807) is 24.3 Å². The smallest absolute Gasteiger partial charge is 0.277 e. The number of ether oxygens (including phenoxy) is 1. The van der Waals surface area contributed by atoms with E-state index in [4.69, 9.17) is 4.74 Å². The second-order valence-electron chi connectivity index (χ2n) is 6.95. The number of benzene rings is 3. The Morgan fingerprint density at radius 3 is 2.07 bits per heavy atom. The average Bonchev–Trinajstić information content (AvgIpc) is 2.76. The number of para-hydroxylation sites is 1. The van der Waals surface area contributed by atoms with Crippen molar-refractivity contribution in [2.75, 3.05) is 13.2 Å². The van der Waals surface area contributed by atoms with Gasteiger partial charge in [-0.1, -0.05) is 55.5 Å². The number of phenols is 1. The summed E-state index contributed by atoms with van der Waals surface area (Å²) in [5.74, 6) is 0.578. The van der Waals surface area contributed by atoms with Crippen molar-refractivity contribution in [2.24, 2.45) is 0 Å². The molecule has 0 saturated heterocycles. The molecule has 0 heterocycles. The molecule has 0 fully saturated rings. The minimum Gasteiger partial charge on any atom is -0.508 e. The van der Waals surface area contributed by atoms with Crippen molar-refractivity contribution < 1.29 is 14.8 Å². The molecule has 158 valence electrons. The van der Waals surface area contributed by atoms with Crippen molar-refractivity contribution in [3.05, 3.63) is 94.0 Å². The molecule has 0 aliphatic rings. The number of rotatable bonds is 7. The van der Waals surface area contributed by atoms with Crippen molar-refractivity contribution in [1.29, 1.82) is 0 Å². The lowest BCUT2D eigenvalue weighted by atomic mass is 9.92. The van der Waals surface area contributed by atoms with E-state index in [1.165, 1.54) is 11.6 Å². The minimum atomic E-state index is -0.351. The Balaban J connectivity index is 0.000000575. The van der Waals surface area contributed by atoms with Gasteiger partial charge in [-0.3, -0.25) is 10.1 Å². The van der Waals surface area contributed by atoms with Gasteiger partial charge in [0.25, 0.3) is 5.69 Å². The lowest BCUT2D eigenvalue weighted by Gasteiger charge is -2.13. The Hall–Kier alpha value is -3.18. The molecule has 0 saturated carbocycles. The van der Waals surface area contributed by atoms with E-state index in [0.717, 1.165) is 30.8 Å². The molecule has 1 N–H and O–H groups in total. The molecule has 1 atom stereocenters. The molecule has 3 aromatic carbocycles. The molecule has 0 bridgehead atoms. The van der Waals surface area contributed by atoms with Gasteiger partial charge >= 0.3 is 0 Å². The molecule has 3 aromatic rings. The molecule has 0 spiro atoms. The van der Waals surface area contributed by atoms with Crippen molar-refractivity contribution >= 4 is 5.69 Å². The highest BCUT2D eigenvalue weighted by Crippen LogP contribution is 2.31. The second-order valence-corrected chi connectivity index (χ2v) is 6.95. The monoisotopic (exact) mass is 407 g/mol. The Morgan fingerprint density at radius 2 is 1.53 bits per heavy atom. The normalized spacial score (nSPS) is 11.3. The predicted octanol–water partition coefficient (Wildman–Crippen LogP) is 6.36. The van der Waals surface area contributed by atoms with Gasteiger partial charge in [0.1, 0.15) is 5.75 Å². The summed E-state index contributed by atoms with van der Waals surface area (Å²) >= 11 is 0. The molecule has 1 unspecified atom stereocenters. The van der Waals surface area contributed by atoms with Crippen LogP contribution in [0.15, 0.2) is 72.8 Å². The highest BCUT2D eigenvalue weighted by Gasteiger charge is 2.14. The SMILES string of the molecule is CC(Cc1ccc(O)cc1)c1ccc(-c2ccccc2[N+](=O)[O-])cc1.CCOCC. The maximum atomic E-state index is 11.2. The lowest BCUT2D eigenvalue weighted by Crippen LogP contribution is -1.98. The van der Waals surface area contributed by atoms with Gasteiger partial charge in [-0.25, -0.2) is 0 Å². The molecular formula is C25H29NO4. The van der Waals surface area contributed by atoms with Crippen molar-refractivity contribution in [3.63, 3.8) is 0 Å². The van der Waals surface area contributed by atoms with E-state index in [0.29, 0.717) is 11.5 Å². The number of hydrogen-bond acceptors (Lipinski definition) is 4. The molecule has 0 radical (unpaired) electrons.